The van der Waals surface area contributed by atoms with E-state index in [1.807, 2.05) is 25.1 Å². The lowest BCUT2D eigenvalue weighted by Crippen LogP contribution is -2.31. The monoisotopic (exact) mass is 295 g/mol. The zero-order valence-corrected chi connectivity index (χ0v) is 12.9. The number of aromatic amines is 1. The molecule has 0 bridgehead atoms. The molecule has 0 radical (unpaired) electrons. The van der Waals surface area contributed by atoms with Gasteiger partial charge in [0.15, 0.2) is 11.2 Å². The van der Waals surface area contributed by atoms with Crippen LogP contribution in [-0.4, -0.2) is 10.8 Å². The molecule has 3 heteroatoms. The molecule has 2 aliphatic rings. The SMILES string of the molecule is Cc1cccc2c(=O)c3c([nH]c12)CC(C1CCCC1)CC3=O. The highest BCUT2D eigenvalue weighted by Gasteiger charge is 2.34. The summed E-state index contributed by atoms with van der Waals surface area (Å²) in [6.07, 6.45) is 6.46. The van der Waals surface area contributed by atoms with Gasteiger partial charge in [-0.2, -0.15) is 0 Å². The standard InChI is InChI=1S/C19H21NO2/c1-11-5-4-8-14-18(11)20-15-9-13(12-6-2-3-7-12)10-16(21)17(15)19(14)22/h4-5,8,12-13H,2-3,6-7,9-10H2,1H3,(H,20,22). The van der Waals surface area contributed by atoms with E-state index in [9.17, 15) is 9.59 Å². The summed E-state index contributed by atoms with van der Waals surface area (Å²) in [4.78, 5) is 28.7. The number of H-pyrrole nitrogens is 1. The van der Waals surface area contributed by atoms with Crippen molar-refractivity contribution in [3.8, 4) is 0 Å². The summed E-state index contributed by atoms with van der Waals surface area (Å²) < 4.78 is 0. The minimum absolute atomic E-state index is 0.0443. The number of pyridine rings is 1. The second-order valence-electron chi connectivity index (χ2n) is 6.94. The summed E-state index contributed by atoms with van der Waals surface area (Å²) in [6, 6.07) is 5.70. The van der Waals surface area contributed by atoms with Gasteiger partial charge in [-0.05, 0) is 36.8 Å². The van der Waals surface area contributed by atoms with E-state index in [1.54, 1.807) is 0 Å². The van der Waals surface area contributed by atoms with Gasteiger partial charge in [-0.3, -0.25) is 9.59 Å². The van der Waals surface area contributed by atoms with Crippen molar-refractivity contribution in [2.75, 3.05) is 0 Å². The largest absolute Gasteiger partial charge is 0.357 e. The van der Waals surface area contributed by atoms with Crippen molar-refractivity contribution in [3.05, 3.63) is 45.2 Å². The molecule has 0 saturated heterocycles. The summed E-state index contributed by atoms with van der Waals surface area (Å²) >= 11 is 0. The van der Waals surface area contributed by atoms with Gasteiger partial charge in [0, 0.05) is 17.5 Å². The number of aryl methyl sites for hydroxylation is 1. The Balaban J connectivity index is 1.86. The van der Waals surface area contributed by atoms with E-state index in [1.165, 1.54) is 25.7 Å². The normalized spacial score (nSPS) is 22.2. The van der Waals surface area contributed by atoms with Crippen LogP contribution >= 0.6 is 0 Å². The maximum atomic E-state index is 12.7. The molecule has 1 aromatic carbocycles. The van der Waals surface area contributed by atoms with Crippen LogP contribution in [0.15, 0.2) is 23.0 Å². The average molecular weight is 295 g/mol. The van der Waals surface area contributed by atoms with E-state index in [0.717, 1.165) is 23.2 Å². The molecule has 0 aliphatic heterocycles. The third-order valence-corrected chi connectivity index (χ3v) is 5.58. The number of fused-ring (bicyclic) bond motifs is 2. The smallest absolute Gasteiger partial charge is 0.200 e. The fourth-order valence-electron chi connectivity index (χ4n) is 4.39. The molecule has 22 heavy (non-hydrogen) atoms. The molecule has 1 aromatic heterocycles. The Morgan fingerprint density at radius 3 is 2.59 bits per heavy atom. The highest BCUT2D eigenvalue weighted by Crippen LogP contribution is 2.38. The predicted octanol–water partition coefficient (Wildman–Crippen LogP) is 3.77. The Morgan fingerprint density at radius 1 is 1.05 bits per heavy atom. The van der Waals surface area contributed by atoms with Crippen LogP contribution in [0.25, 0.3) is 10.9 Å². The molecule has 1 unspecified atom stereocenters. The molecule has 114 valence electrons. The van der Waals surface area contributed by atoms with Crippen LogP contribution in [0.2, 0.25) is 0 Å². The topological polar surface area (TPSA) is 49.9 Å². The summed E-state index contributed by atoms with van der Waals surface area (Å²) in [5, 5.41) is 0.645. The van der Waals surface area contributed by atoms with E-state index in [0.29, 0.717) is 29.2 Å². The van der Waals surface area contributed by atoms with E-state index in [4.69, 9.17) is 0 Å². The van der Waals surface area contributed by atoms with E-state index in [2.05, 4.69) is 4.98 Å². The number of aromatic nitrogens is 1. The first-order chi connectivity index (χ1) is 10.6. The first-order valence-electron chi connectivity index (χ1n) is 8.33. The first-order valence-corrected chi connectivity index (χ1v) is 8.33. The number of carbonyl (C=O) groups is 1. The number of para-hydroxylation sites is 1. The van der Waals surface area contributed by atoms with Gasteiger partial charge in [-0.15, -0.1) is 0 Å². The minimum atomic E-state index is -0.0812. The van der Waals surface area contributed by atoms with Crippen LogP contribution in [0.3, 0.4) is 0 Å². The second-order valence-corrected chi connectivity index (χ2v) is 6.94. The van der Waals surface area contributed by atoms with Gasteiger partial charge >= 0.3 is 0 Å². The van der Waals surface area contributed by atoms with Crippen LogP contribution < -0.4 is 5.43 Å². The number of benzene rings is 1. The zero-order valence-electron chi connectivity index (χ0n) is 12.9. The lowest BCUT2D eigenvalue weighted by atomic mass is 9.77. The van der Waals surface area contributed by atoms with Gasteiger partial charge in [0.25, 0.3) is 0 Å². The Kier molecular flexibility index (Phi) is 3.17. The Bertz CT molecular complexity index is 812. The Hall–Kier alpha value is -1.90. The lowest BCUT2D eigenvalue weighted by Gasteiger charge is -2.28. The molecule has 1 saturated carbocycles. The molecule has 1 N–H and O–H groups in total. The summed E-state index contributed by atoms with van der Waals surface area (Å²) in [5.41, 5.74) is 3.17. The highest BCUT2D eigenvalue weighted by atomic mass is 16.1. The van der Waals surface area contributed by atoms with Crippen molar-refractivity contribution >= 4 is 16.7 Å². The fraction of sp³-hybridized carbons (Fsp3) is 0.474. The number of Topliss-reactive ketones (excluding diaryl/α,β-unsaturated/α-hetero) is 1. The van der Waals surface area contributed by atoms with Gasteiger partial charge in [0.1, 0.15) is 0 Å². The van der Waals surface area contributed by atoms with Gasteiger partial charge in [-0.25, -0.2) is 0 Å². The summed E-state index contributed by atoms with van der Waals surface area (Å²) in [5.74, 6) is 1.12. The minimum Gasteiger partial charge on any atom is -0.357 e. The maximum absolute atomic E-state index is 12.7. The Labute approximate surface area is 129 Å². The van der Waals surface area contributed by atoms with E-state index >= 15 is 0 Å². The van der Waals surface area contributed by atoms with Gasteiger partial charge in [-0.1, -0.05) is 37.8 Å². The van der Waals surface area contributed by atoms with Crippen LogP contribution in [0.4, 0.5) is 0 Å². The van der Waals surface area contributed by atoms with Crippen LogP contribution in [0, 0.1) is 18.8 Å². The van der Waals surface area contributed by atoms with E-state index in [-0.39, 0.29) is 11.2 Å². The second kappa shape index (κ2) is 5.08. The molecule has 0 spiro atoms. The molecular weight excluding hydrogens is 274 g/mol. The molecular formula is C19H21NO2. The van der Waals surface area contributed by atoms with Crippen molar-refractivity contribution in [2.24, 2.45) is 11.8 Å². The number of nitrogens with one attached hydrogen (secondary N) is 1. The van der Waals surface area contributed by atoms with Crippen molar-refractivity contribution in [2.45, 2.75) is 45.4 Å². The summed E-state index contributed by atoms with van der Waals surface area (Å²) in [6.45, 7) is 2.00. The maximum Gasteiger partial charge on any atom is 0.200 e. The fourth-order valence-corrected chi connectivity index (χ4v) is 4.39. The Morgan fingerprint density at radius 2 is 1.82 bits per heavy atom. The highest BCUT2D eigenvalue weighted by molar-refractivity contribution is 6.01. The predicted molar refractivity (Wildman–Crippen MR) is 87.4 cm³/mol. The lowest BCUT2D eigenvalue weighted by molar-refractivity contribution is 0.0924. The molecule has 0 amide bonds. The first kappa shape index (κ1) is 13.7. The summed E-state index contributed by atoms with van der Waals surface area (Å²) in [7, 11) is 0. The number of carbonyl (C=O) groups excluding carboxylic acids is 1. The van der Waals surface area contributed by atoms with Gasteiger partial charge in [0.05, 0.1) is 11.1 Å². The van der Waals surface area contributed by atoms with Crippen LogP contribution in [0.1, 0.15) is 53.7 Å². The molecule has 1 atom stereocenters. The average Bonchev–Trinajstić information content (AvgIpc) is 3.02. The van der Waals surface area contributed by atoms with Crippen LogP contribution in [-0.2, 0) is 6.42 Å². The molecule has 2 aliphatic carbocycles. The van der Waals surface area contributed by atoms with Crippen molar-refractivity contribution in [1.82, 2.24) is 4.98 Å². The third-order valence-electron chi connectivity index (χ3n) is 5.58. The molecule has 3 nitrogen and oxygen atoms in total. The molecule has 4 rings (SSSR count). The van der Waals surface area contributed by atoms with Gasteiger partial charge in [0.2, 0.25) is 0 Å². The van der Waals surface area contributed by atoms with Crippen molar-refractivity contribution in [1.29, 1.82) is 0 Å². The van der Waals surface area contributed by atoms with E-state index < -0.39 is 0 Å². The number of hydrogen-bond donors (Lipinski definition) is 1. The quantitative estimate of drug-likeness (QED) is 0.870. The third kappa shape index (κ3) is 2.03. The van der Waals surface area contributed by atoms with Crippen LogP contribution in [0.5, 0.6) is 0 Å². The zero-order chi connectivity index (χ0) is 15.3. The number of rotatable bonds is 1. The molecule has 1 fully saturated rings. The van der Waals surface area contributed by atoms with Crippen molar-refractivity contribution in [3.63, 3.8) is 0 Å². The van der Waals surface area contributed by atoms with Crippen molar-refractivity contribution < 1.29 is 4.79 Å². The van der Waals surface area contributed by atoms with Gasteiger partial charge < -0.3 is 4.98 Å². The molecule has 1 heterocycles. The number of ketones is 1. The molecule has 2 aromatic rings. The number of hydrogen-bond acceptors (Lipinski definition) is 2.